The summed E-state index contributed by atoms with van der Waals surface area (Å²) in [6, 6.07) is 9.54. The Morgan fingerprint density at radius 1 is 1.10 bits per heavy atom. The van der Waals surface area contributed by atoms with Crippen LogP contribution in [-0.4, -0.2) is 32.8 Å². The molecule has 1 amide bonds. The molecule has 0 bridgehead atoms. The standard InChI is InChI=1S/C23H22FNO4/c1-13-11-15(9-10-18(13)24)21(27)19-20(14-5-4-8-17(26)12-14)25(23(29)22(19)28)16-6-2-3-7-16/h4-5,8-12,16,20,26-27H,2-3,6-7H2,1H3/b21-19-. The number of ketones is 1. The van der Waals surface area contributed by atoms with Gasteiger partial charge in [-0.2, -0.15) is 0 Å². The van der Waals surface area contributed by atoms with Gasteiger partial charge in [-0.15, -0.1) is 0 Å². The van der Waals surface area contributed by atoms with Crippen molar-refractivity contribution in [2.24, 2.45) is 0 Å². The van der Waals surface area contributed by atoms with Gasteiger partial charge in [0.05, 0.1) is 11.6 Å². The zero-order chi connectivity index (χ0) is 20.7. The quantitative estimate of drug-likeness (QED) is 0.464. The second-order valence-corrected chi connectivity index (χ2v) is 7.70. The molecule has 1 unspecified atom stereocenters. The minimum Gasteiger partial charge on any atom is -0.508 e. The summed E-state index contributed by atoms with van der Waals surface area (Å²) >= 11 is 0. The molecular weight excluding hydrogens is 373 g/mol. The largest absolute Gasteiger partial charge is 0.508 e. The predicted molar refractivity (Wildman–Crippen MR) is 106 cm³/mol. The lowest BCUT2D eigenvalue weighted by Crippen LogP contribution is -2.37. The Hall–Kier alpha value is -3.15. The summed E-state index contributed by atoms with van der Waals surface area (Å²) < 4.78 is 13.7. The number of phenols is 1. The molecule has 1 aliphatic heterocycles. The first-order valence-electron chi connectivity index (χ1n) is 9.74. The average Bonchev–Trinajstić information content (AvgIpc) is 3.31. The fourth-order valence-electron chi connectivity index (χ4n) is 4.38. The van der Waals surface area contributed by atoms with Gasteiger partial charge >= 0.3 is 0 Å². The third-order valence-electron chi connectivity index (χ3n) is 5.82. The molecule has 1 heterocycles. The minimum atomic E-state index is -0.796. The number of amides is 1. The number of carbonyl (C=O) groups excluding carboxylic acids is 2. The second kappa shape index (κ2) is 7.35. The zero-order valence-corrected chi connectivity index (χ0v) is 16.1. The van der Waals surface area contributed by atoms with Gasteiger partial charge in [0, 0.05) is 11.6 Å². The lowest BCUT2D eigenvalue weighted by atomic mass is 9.94. The Morgan fingerprint density at radius 2 is 1.83 bits per heavy atom. The van der Waals surface area contributed by atoms with E-state index in [4.69, 9.17) is 0 Å². The van der Waals surface area contributed by atoms with Crippen LogP contribution in [0, 0.1) is 12.7 Å². The van der Waals surface area contributed by atoms with E-state index in [-0.39, 0.29) is 28.7 Å². The van der Waals surface area contributed by atoms with Crippen LogP contribution in [0.4, 0.5) is 4.39 Å². The molecule has 1 saturated heterocycles. The van der Waals surface area contributed by atoms with Crippen molar-refractivity contribution < 1.29 is 24.2 Å². The number of Topliss-reactive ketones (excluding diaryl/α,β-unsaturated/α-hetero) is 1. The van der Waals surface area contributed by atoms with Crippen molar-refractivity contribution in [3.8, 4) is 5.75 Å². The lowest BCUT2D eigenvalue weighted by molar-refractivity contribution is -0.141. The number of aryl methyl sites for hydroxylation is 1. The Kier molecular flexibility index (Phi) is 4.86. The van der Waals surface area contributed by atoms with Crippen LogP contribution in [0.2, 0.25) is 0 Å². The Bertz CT molecular complexity index is 1020. The molecule has 2 aromatic rings. The zero-order valence-electron chi connectivity index (χ0n) is 16.1. The number of phenolic OH excluding ortho intramolecular Hbond substituents is 1. The highest BCUT2D eigenvalue weighted by Gasteiger charge is 2.49. The number of aromatic hydroxyl groups is 1. The summed E-state index contributed by atoms with van der Waals surface area (Å²) in [6.07, 6.45) is 3.52. The summed E-state index contributed by atoms with van der Waals surface area (Å²) in [7, 11) is 0. The van der Waals surface area contributed by atoms with E-state index in [0.29, 0.717) is 11.1 Å². The highest BCUT2D eigenvalue weighted by atomic mass is 19.1. The van der Waals surface area contributed by atoms with Gasteiger partial charge in [0.2, 0.25) is 0 Å². The fourth-order valence-corrected chi connectivity index (χ4v) is 4.38. The molecule has 0 aromatic heterocycles. The van der Waals surface area contributed by atoms with E-state index in [1.54, 1.807) is 24.0 Å². The summed E-state index contributed by atoms with van der Waals surface area (Å²) in [6.45, 7) is 1.57. The summed E-state index contributed by atoms with van der Waals surface area (Å²) in [5.74, 6) is -2.15. The van der Waals surface area contributed by atoms with Gasteiger partial charge in [-0.25, -0.2) is 4.39 Å². The maximum absolute atomic E-state index is 13.7. The molecule has 6 heteroatoms. The average molecular weight is 395 g/mol. The van der Waals surface area contributed by atoms with E-state index in [1.165, 1.54) is 30.3 Å². The topological polar surface area (TPSA) is 77.8 Å². The Labute approximate surface area is 168 Å². The molecule has 2 fully saturated rings. The smallest absolute Gasteiger partial charge is 0.295 e. The van der Waals surface area contributed by atoms with Crippen LogP contribution >= 0.6 is 0 Å². The van der Waals surface area contributed by atoms with E-state index >= 15 is 0 Å². The first-order valence-corrected chi connectivity index (χ1v) is 9.74. The number of aliphatic hydroxyl groups is 1. The van der Waals surface area contributed by atoms with Crippen LogP contribution in [0.15, 0.2) is 48.0 Å². The van der Waals surface area contributed by atoms with E-state index in [1.807, 2.05) is 0 Å². The Morgan fingerprint density at radius 3 is 2.48 bits per heavy atom. The number of rotatable bonds is 3. The maximum atomic E-state index is 13.7. The summed E-state index contributed by atoms with van der Waals surface area (Å²) in [5.41, 5.74) is 1.13. The molecular formula is C23H22FNO4. The van der Waals surface area contributed by atoms with Gasteiger partial charge in [-0.1, -0.05) is 25.0 Å². The lowest BCUT2D eigenvalue weighted by Gasteiger charge is -2.30. The molecule has 150 valence electrons. The third-order valence-corrected chi connectivity index (χ3v) is 5.82. The van der Waals surface area contributed by atoms with Gasteiger partial charge in [-0.05, 0) is 61.2 Å². The van der Waals surface area contributed by atoms with E-state index in [9.17, 15) is 24.2 Å². The SMILES string of the molecule is Cc1cc(/C(O)=C2/C(=O)C(=O)N(C3CCCC3)C2c2cccc(O)c2)ccc1F. The molecule has 4 rings (SSSR count). The number of halogens is 1. The summed E-state index contributed by atoms with van der Waals surface area (Å²) in [5, 5.41) is 20.9. The van der Waals surface area contributed by atoms with E-state index < -0.39 is 23.5 Å². The first-order chi connectivity index (χ1) is 13.9. The highest BCUT2D eigenvalue weighted by Crippen LogP contribution is 2.44. The van der Waals surface area contributed by atoms with E-state index in [2.05, 4.69) is 0 Å². The Balaban J connectivity index is 1.90. The van der Waals surface area contributed by atoms with Crippen LogP contribution in [0.25, 0.3) is 5.76 Å². The van der Waals surface area contributed by atoms with Gasteiger partial charge in [-0.3, -0.25) is 9.59 Å². The van der Waals surface area contributed by atoms with Crippen LogP contribution in [0.1, 0.15) is 48.4 Å². The number of carbonyl (C=O) groups is 2. The van der Waals surface area contributed by atoms with Gasteiger partial charge in [0.25, 0.3) is 11.7 Å². The minimum absolute atomic E-state index is 0.0112. The normalized spacial score (nSPS) is 21.9. The van der Waals surface area contributed by atoms with Crippen molar-refractivity contribution in [3.63, 3.8) is 0 Å². The number of hydrogen-bond acceptors (Lipinski definition) is 4. The van der Waals surface area contributed by atoms with Crippen LogP contribution in [0.5, 0.6) is 5.75 Å². The van der Waals surface area contributed by atoms with Crippen LogP contribution in [0.3, 0.4) is 0 Å². The van der Waals surface area contributed by atoms with Gasteiger partial charge in [0.15, 0.2) is 0 Å². The maximum Gasteiger partial charge on any atom is 0.295 e. The molecule has 0 radical (unpaired) electrons. The van der Waals surface area contributed by atoms with Crippen LogP contribution in [-0.2, 0) is 9.59 Å². The number of benzene rings is 2. The number of likely N-dealkylation sites (tertiary alicyclic amines) is 1. The molecule has 0 spiro atoms. The number of nitrogens with zero attached hydrogens (tertiary/aromatic N) is 1. The monoisotopic (exact) mass is 395 g/mol. The van der Waals surface area contributed by atoms with Crippen molar-refractivity contribution in [1.82, 2.24) is 4.90 Å². The van der Waals surface area contributed by atoms with Crippen molar-refractivity contribution in [3.05, 3.63) is 70.5 Å². The summed E-state index contributed by atoms with van der Waals surface area (Å²) in [4.78, 5) is 27.4. The van der Waals surface area contributed by atoms with Crippen molar-refractivity contribution >= 4 is 17.4 Å². The molecule has 2 aromatic carbocycles. The van der Waals surface area contributed by atoms with Gasteiger partial charge < -0.3 is 15.1 Å². The molecule has 2 aliphatic rings. The first kappa shape index (κ1) is 19.2. The van der Waals surface area contributed by atoms with Crippen molar-refractivity contribution in [2.45, 2.75) is 44.7 Å². The molecule has 1 saturated carbocycles. The van der Waals surface area contributed by atoms with Gasteiger partial charge in [0.1, 0.15) is 17.3 Å². The third kappa shape index (κ3) is 3.28. The van der Waals surface area contributed by atoms with Crippen molar-refractivity contribution in [2.75, 3.05) is 0 Å². The molecule has 2 N–H and O–H groups in total. The van der Waals surface area contributed by atoms with Crippen molar-refractivity contribution in [1.29, 1.82) is 0 Å². The molecule has 5 nitrogen and oxygen atoms in total. The molecule has 1 atom stereocenters. The predicted octanol–water partition coefficient (Wildman–Crippen LogP) is 4.20. The second-order valence-electron chi connectivity index (χ2n) is 7.70. The fraction of sp³-hybridized carbons (Fsp3) is 0.304. The number of hydrogen-bond donors (Lipinski definition) is 2. The molecule has 1 aliphatic carbocycles. The number of aliphatic hydroxyl groups excluding tert-OH is 1. The molecule has 29 heavy (non-hydrogen) atoms. The highest BCUT2D eigenvalue weighted by molar-refractivity contribution is 6.46. The van der Waals surface area contributed by atoms with Crippen LogP contribution < -0.4 is 0 Å². The van der Waals surface area contributed by atoms with E-state index in [0.717, 1.165) is 25.7 Å².